The first kappa shape index (κ1) is 18.9. The lowest BCUT2D eigenvalue weighted by Gasteiger charge is -2.12. The van der Waals surface area contributed by atoms with Crippen molar-refractivity contribution in [2.45, 2.75) is 36.8 Å². The van der Waals surface area contributed by atoms with E-state index >= 15 is 0 Å². The van der Waals surface area contributed by atoms with Gasteiger partial charge < -0.3 is 5.32 Å². The molecule has 3 amide bonds. The Morgan fingerprint density at radius 1 is 1.14 bits per heavy atom. The fourth-order valence-electron chi connectivity index (χ4n) is 3.28. The fourth-order valence-corrected chi connectivity index (χ4v) is 5.12. The molecule has 4 rings (SSSR count). The van der Waals surface area contributed by atoms with E-state index in [1.165, 1.54) is 18.1 Å². The number of urea groups is 1. The van der Waals surface area contributed by atoms with Crippen molar-refractivity contribution in [2.75, 3.05) is 5.75 Å². The third kappa shape index (κ3) is 4.51. The molecule has 6 nitrogen and oxygen atoms in total. The second-order valence-electron chi connectivity index (χ2n) is 6.67. The summed E-state index contributed by atoms with van der Waals surface area (Å²) < 4.78 is 0. The molecule has 144 valence electrons. The van der Waals surface area contributed by atoms with Crippen LogP contribution in [0, 0.1) is 0 Å². The van der Waals surface area contributed by atoms with E-state index in [9.17, 15) is 9.59 Å². The van der Waals surface area contributed by atoms with Gasteiger partial charge in [0.15, 0.2) is 0 Å². The van der Waals surface area contributed by atoms with Crippen molar-refractivity contribution in [3.05, 3.63) is 42.7 Å². The Morgan fingerprint density at radius 2 is 1.93 bits per heavy atom. The first-order valence-electron chi connectivity index (χ1n) is 9.22. The summed E-state index contributed by atoms with van der Waals surface area (Å²) in [6.07, 6.45) is 5.74. The van der Waals surface area contributed by atoms with Crippen molar-refractivity contribution < 1.29 is 9.59 Å². The zero-order valence-electron chi connectivity index (χ0n) is 15.2. The molecule has 2 aromatic heterocycles. The highest BCUT2D eigenvalue weighted by Crippen LogP contribution is 2.35. The summed E-state index contributed by atoms with van der Waals surface area (Å²) in [5.41, 5.74) is 1.13. The summed E-state index contributed by atoms with van der Waals surface area (Å²) in [7, 11) is 0. The van der Waals surface area contributed by atoms with Crippen LogP contribution in [0.3, 0.4) is 0 Å². The third-order valence-corrected chi connectivity index (χ3v) is 6.73. The number of rotatable bonds is 5. The molecular formula is C20H20N4O2S2. The van der Waals surface area contributed by atoms with Gasteiger partial charge in [-0.15, -0.1) is 11.3 Å². The normalized spacial score (nSPS) is 14.3. The lowest BCUT2D eigenvalue weighted by atomic mass is 10.2. The van der Waals surface area contributed by atoms with Gasteiger partial charge in [0, 0.05) is 16.3 Å². The predicted molar refractivity (Wildman–Crippen MR) is 113 cm³/mol. The molecule has 0 atom stereocenters. The van der Waals surface area contributed by atoms with Crippen LogP contribution in [0.15, 0.2) is 47.8 Å². The first-order chi connectivity index (χ1) is 13.7. The number of carbonyl (C=O) groups is 2. The van der Waals surface area contributed by atoms with Gasteiger partial charge in [-0.3, -0.25) is 10.1 Å². The molecule has 1 fully saturated rings. The molecule has 2 heterocycles. The van der Waals surface area contributed by atoms with Crippen LogP contribution >= 0.6 is 23.1 Å². The molecule has 1 aliphatic rings. The molecule has 2 N–H and O–H groups in total. The van der Waals surface area contributed by atoms with Gasteiger partial charge in [-0.25, -0.2) is 14.8 Å². The van der Waals surface area contributed by atoms with Crippen LogP contribution < -0.4 is 10.6 Å². The van der Waals surface area contributed by atoms with Gasteiger partial charge in [-0.05, 0) is 24.5 Å². The molecule has 28 heavy (non-hydrogen) atoms. The maximum Gasteiger partial charge on any atom is 0.321 e. The van der Waals surface area contributed by atoms with Gasteiger partial charge in [-0.1, -0.05) is 54.9 Å². The lowest BCUT2D eigenvalue weighted by molar-refractivity contribution is -0.117. The molecular weight excluding hydrogens is 392 g/mol. The van der Waals surface area contributed by atoms with Crippen LogP contribution in [0.2, 0.25) is 0 Å². The minimum atomic E-state index is -0.410. The number of amides is 3. The van der Waals surface area contributed by atoms with E-state index in [-0.39, 0.29) is 17.7 Å². The van der Waals surface area contributed by atoms with Crippen molar-refractivity contribution >= 4 is 45.3 Å². The van der Waals surface area contributed by atoms with E-state index in [1.54, 1.807) is 11.3 Å². The fraction of sp³-hybridized carbons (Fsp3) is 0.300. The summed E-state index contributed by atoms with van der Waals surface area (Å²) >= 11 is 2.91. The third-order valence-electron chi connectivity index (χ3n) is 4.63. The van der Waals surface area contributed by atoms with Crippen LogP contribution in [0.4, 0.5) is 4.79 Å². The van der Waals surface area contributed by atoms with Gasteiger partial charge in [0.25, 0.3) is 0 Å². The number of thioether (sulfide) groups is 1. The Bertz CT molecular complexity index is 984. The number of thiophene rings is 1. The molecule has 0 spiro atoms. The second kappa shape index (κ2) is 8.70. The number of fused-ring (bicyclic) bond motifs is 1. The maximum atomic E-state index is 12.1. The van der Waals surface area contributed by atoms with Crippen LogP contribution in [-0.2, 0) is 4.79 Å². The van der Waals surface area contributed by atoms with Gasteiger partial charge >= 0.3 is 6.03 Å². The van der Waals surface area contributed by atoms with Gasteiger partial charge in [0.1, 0.15) is 16.2 Å². The number of nitrogens with one attached hydrogen (secondary N) is 2. The Hall–Kier alpha value is -2.45. The summed E-state index contributed by atoms with van der Waals surface area (Å²) in [5.74, 6) is -0.202. The van der Waals surface area contributed by atoms with Crippen molar-refractivity contribution in [2.24, 2.45) is 0 Å². The van der Waals surface area contributed by atoms with E-state index in [1.807, 2.05) is 18.2 Å². The van der Waals surface area contributed by atoms with Gasteiger partial charge in [0.2, 0.25) is 5.91 Å². The minimum Gasteiger partial charge on any atom is -0.335 e. The SMILES string of the molecule is O=C(CSc1ncnc2sc(-c3ccccc3)cc12)NC(=O)NC1CCCC1. The highest BCUT2D eigenvalue weighted by molar-refractivity contribution is 8.00. The average Bonchev–Trinajstić information content (AvgIpc) is 3.36. The largest absolute Gasteiger partial charge is 0.335 e. The topological polar surface area (TPSA) is 84.0 Å². The number of nitrogens with zero attached hydrogens (tertiary/aromatic N) is 2. The van der Waals surface area contributed by atoms with Crippen LogP contribution in [0.1, 0.15) is 25.7 Å². The van der Waals surface area contributed by atoms with Crippen molar-refractivity contribution in [3.8, 4) is 10.4 Å². The zero-order valence-corrected chi connectivity index (χ0v) is 16.8. The summed E-state index contributed by atoms with van der Waals surface area (Å²) in [5, 5.41) is 6.94. The quantitative estimate of drug-likeness (QED) is 0.484. The van der Waals surface area contributed by atoms with E-state index in [0.717, 1.165) is 51.4 Å². The van der Waals surface area contributed by atoms with Gasteiger partial charge in [0.05, 0.1) is 5.75 Å². The Labute approximate surface area is 171 Å². The average molecular weight is 413 g/mol. The molecule has 1 saturated carbocycles. The van der Waals surface area contributed by atoms with Crippen molar-refractivity contribution in [3.63, 3.8) is 0 Å². The monoisotopic (exact) mass is 412 g/mol. The lowest BCUT2D eigenvalue weighted by Crippen LogP contribution is -2.44. The van der Waals surface area contributed by atoms with E-state index in [2.05, 4.69) is 38.8 Å². The standard InChI is InChI=1S/C20H20N4O2S2/c25-17(24-20(26)23-14-8-4-5-9-14)11-27-18-15-10-16(13-6-2-1-3-7-13)28-19(15)22-12-21-18/h1-3,6-7,10,12,14H,4-5,8-9,11H2,(H2,23,24,25,26). The van der Waals surface area contributed by atoms with Gasteiger partial charge in [-0.2, -0.15) is 0 Å². The molecule has 0 bridgehead atoms. The Balaban J connectivity index is 1.39. The summed E-state index contributed by atoms with van der Waals surface area (Å²) in [4.78, 5) is 34.7. The number of hydrogen-bond donors (Lipinski definition) is 2. The molecule has 0 unspecified atom stereocenters. The van der Waals surface area contributed by atoms with Crippen LogP contribution in [-0.4, -0.2) is 33.7 Å². The van der Waals surface area contributed by atoms with Crippen LogP contribution in [0.5, 0.6) is 0 Å². The number of carbonyl (C=O) groups excluding carboxylic acids is 2. The van der Waals surface area contributed by atoms with Crippen molar-refractivity contribution in [1.29, 1.82) is 0 Å². The second-order valence-corrected chi connectivity index (χ2v) is 8.66. The molecule has 0 aliphatic heterocycles. The Kier molecular flexibility index (Phi) is 5.87. The molecule has 1 aromatic carbocycles. The summed E-state index contributed by atoms with van der Waals surface area (Å²) in [6.45, 7) is 0. The molecule has 0 radical (unpaired) electrons. The Morgan fingerprint density at radius 3 is 2.71 bits per heavy atom. The summed E-state index contributed by atoms with van der Waals surface area (Å²) in [6, 6.07) is 11.9. The zero-order chi connectivity index (χ0) is 19.3. The maximum absolute atomic E-state index is 12.1. The molecule has 0 saturated heterocycles. The molecule has 1 aliphatic carbocycles. The van der Waals surface area contributed by atoms with E-state index in [4.69, 9.17) is 0 Å². The van der Waals surface area contributed by atoms with Crippen molar-refractivity contribution in [1.82, 2.24) is 20.6 Å². The molecule has 8 heteroatoms. The number of aromatic nitrogens is 2. The predicted octanol–water partition coefficient (Wildman–Crippen LogP) is 4.22. The van der Waals surface area contributed by atoms with E-state index < -0.39 is 6.03 Å². The van der Waals surface area contributed by atoms with Crippen LogP contribution in [0.25, 0.3) is 20.7 Å². The minimum absolute atomic E-state index is 0.126. The first-order valence-corrected chi connectivity index (χ1v) is 11.0. The highest BCUT2D eigenvalue weighted by Gasteiger charge is 2.18. The molecule has 3 aromatic rings. The number of hydrogen-bond acceptors (Lipinski definition) is 6. The highest BCUT2D eigenvalue weighted by atomic mass is 32.2. The number of benzene rings is 1. The number of imide groups is 1. The van der Waals surface area contributed by atoms with E-state index in [0.29, 0.717) is 0 Å². The smallest absolute Gasteiger partial charge is 0.321 e.